The van der Waals surface area contributed by atoms with Crippen molar-refractivity contribution >= 4 is 23.3 Å². The molecule has 0 saturated carbocycles. The van der Waals surface area contributed by atoms with Crippen LogP contribution in [0, 0.1) is 4.77 Å². The van der Waals surface area contributed by atoms with Crippen molar-refractivity contribution in [1.82, 2.24) is 9.55 Å². The minimum Gasteiger partial charge on any atom is -0.493 e. The summed E-state index contributed by atoms with van der Waals surface area (Å²) in [6.07, 6.45) is 1.97. The Bertz CT molecular complexity index is 648. The average Bonchev–Trinajstić information content (AvgIpc) is 2.80. The van der Waals surface area contributed by atoms with E-state index >= 15 is 0 Å². The molecule has 0 aliphatic carbocycles. The summed E-state index contributed by atoms with van der Waals surface area (Å²) < 4.78 is 19.0. The number of aromatic nitrogens is 2. The summed E-state index contributed by atoms with van der Waals surface area (Å²) in [5.41, 5.74) is 1.97. The van der Waals surface area contributed by atoms with Gasteiger partial charge in [-0.25, -0.2) is 0 Å². The molecule has 0 unspecified atom stereocenters. The molecule has 1 aromatic carbocycles. The van der Waals surface area contributed by atoms with Crippen LogP contribution in [0.1, 0.15) is 19.8 Å². The molecule has 0 aliphatic rings. The fourth-order valence-corrected chi connectivity index (χ4v) is 2.58. The Morgan fingerprint density at radius 3 is 2.52 bits per heavy atom. The second-order valence-electron chi connectivity index (χ2n) is 4.77. The third-order valence-electron chi connectivity index (χ3n) is 3.30. The van der Waals surface area contributed by atoms with Gasteiger partial charge in [-0.05, 0) is 25.1 Å². The molecule has 116 valence electrons. The number of H-pyrrole nitrogens is 1. The molecule has 0 amide bonds. The molecular formula is C15H22N2O3S. The van der Waals surface area contributed by atoms with E-state index in [4.69, 9.17) is 26.4 Å². The van der Waals surface area contributed by atoms with Crippen molar-refractivity contribution < 1.29 is 14.2 Å². The van der Waals surface area contributed by atoms with Gasteiger partial charge in [0.1, 0.15) is 0 Å². The number of nitrogens with zero attached hydrogens (tertiary/aromatic N) is 1. The van der Waals surface area contributed by atoms with Crippen LogP contribution in [-0.4, -0.2) is 37.0 Å². The van der Waals surface area contributed by atoms with Gasteiger partial charge in [-0.15, -0.1) is 0 Å². The maximum absolute atomic E-state index is 5.51. The van der Waals surface area contributed by atoms with Crippen LogP contribution in [0.5, 0.6) is 11.5 Å². The van der Waals surface area contributed by atoms with Crippen LogP contribution >= 0.6 is 12.2 Å². The van der Waals surface area contributed by atoms with Crippen LogP contribution in [0.2, 0.25) is 0 Å². The molecule has 1 aromatic heterocycles. The molecule has 2 rings (SSSR count). The van der Waals surface area contributed by atoms with Gasteiger partial charge in [0.05, 0.1) is 25.3 Å². The maximum atomic E-state index is 5.51. The normalized spacial score (nSPS) is 11.0. The van der Waals surface area contributed by atoms with E-state index in [9.17, 15) is 0 Å². The van der Waals surface area contributed by atoms with E-state index < -0.39 is 0 Å². The minimum absolute atomic E-state index is 0.694. The fourth-order valence-electron chi connectivity index (χ4n) is 2.28. The van der Waals surface area contributed by atoms with Crippen LogP contribution in [0.3, 0.4) is 0 Å². The standard InChI is InChI=1S/C15H22N2O3S/c1-4-7-20-8-5-6-17-12-10-14(19-3)13(18-2)9-11(12)16-15(17)21/h9-10H,4-8H2,1-3H3,(H,16,21). The van der Waals surface area contributed by atoms with Gasteiger partial charge in [0.2, 0.25) is 0 Å². The number of imidazole rings is 1. The highest BCUT2D eigenvalue weighted by atomic mass is 32.1. The molecule has 1 N–H and O–H groups in total. The van der Waals surface area contributed by atoms with Crippen LogP contribution in [0.15, 0.2) is 12.1 Å². The van der Waals surface area contributed by atoms with Gasteiger partial charge in [-0.2, -0.15) is 0 Å². The Hall–Kier alpha value is -1.53. The molecule has 5 nitrogen and oxygen atoms in total. The Kier molecular flexibility index (Phi) is 5.64. The molecule has 0 bridgehead atoms. The first-order valence-electron chi connectivity index (χ1n) is 7.13. The monoisotopic (exact) mass is 310 g/mol. The number of aromatic amines is 1. The molecule has 0 atom stereocenters. The Morgan fingerprint density at radius 1 is 1.14 bits per heavy atom. The summed E-state index contributed by atoms with van der Waals surface area (Å²) in [4.78, 5) is 3.21. The maximum Gasteiger partial charge on any atom is 0.178 e. The van der Waals surface area contributed by atoms with E-state index in [0.29, 0.717) is 16.3 Å². The van der Waals surface area contributed by atoms with Gasteiger partial charge in [0.15, 0.2) is 16.3 Å². The number of hydrogen-bond acceptors (Lipinski definition) is 4. The second-order valence-corrected chi connectivity index (χ2v) is 5.16. The predicted molar refractivity (Wildman–Crippen MR) is 86.0 cm³/mol. The number of fused-ring (bicyclic) bond motifs is 1. The summed E-state index contributed by atoms with van der Waals surface area (Å²) >= 11 is 5.40. The summed E-state index contributed by atoms with van der Waals surface area (Å²) in [5, 5.41) is 0. The third-order valence-corrected chi connectivity index (χ3v) is 3.62. The van der Waals surface area contributed by atoms with Crippen LogP contribution in [-0.2, 0) is 11.3 Å². The zero-order valence-electron chi connectivity index (χ0n) is 12.8. The number of ether oxygens (including phenoxy) is 3. The number of nitrogens with one attached hydrogen (secondary N) is 1. The van der Waals surface area contributed by atoms with E-state index in [1.807, 2.05) is 12.1 Å². The molecule has 0 aliphatic heterocycles. The van der Waals surface area contributed by atoms with Gasteiger partial charge in [0.25, 0.3) is 0 Å². The lowest BCUT2D eigenvalue weighted by molar-refractivity contribution is 0.129. The molecule has 2 aromatic rings. The first-order chi connectivity index (χ1) is 10.2. The average molecular weight is 310 g/mol. The summed E-state index contributed by atoms with van der Waals surface area (Å²) in [7, 11) is 3.26. The van der Waals surface area contributed by atoms with Crippen LogP contribution < -0.4 is 9.47 Å². The minimum atomic E-state index is 0.694. The molecule has 21 heavy (non-hydrogen) atoms. The lowest BCUT2D eigenvalue weighted by Gasteiger charge is -2.09. The van der Waals surface area contributed by atoms with Gasteiger partial charge >= 0.3 is 0 Å². The van der Waals surface area contributed by atoms with Crippen molar-refractivity contribution in [3.8, 4) is 11.5 Å². The number of hydrogen-bond donors (Lipinski definition) is 1. The number of methoxy groups -OCH3 is 2. The highest BCUT2D eigenvalue weighted by Crippen LogP contribution is 2.31. The van der Waals surface area contributed by atoms with Crippen LogP contribution in [0.4, 0.5) is 0 Å². The number of aryl methyl sites for hydroxylation is 1. The van der Waals surface area contributed by atoms with Crippen molar-refractivity contribution in [2.24, 2.45) is 0 Å². The molecule has 0 spiro atoms. The molecule has 0 fully saturated rings. The molecule has 1 heterocycles. The highest BCUT2D eigenvalue weighted by Gasteiger charge is 2.11. The SMILES string of the molecule is CCCOCCCn1c(=S)[nH]c2cc(OC)c(OC)cc21. The first-order valence-corrected chi connectivity index (χ1v) is 7.54. The van der Waals surface area contributed by atoms with E-state index in [-0.39, 0.29) is 0 Å². The van der Waals surface area contributed by atoms with Gasteiger partial charge in [-0.1, -0.05) is 6.92 Å². The fraction of sp³-hybridized carbons (Fsp3) is 0.533. The summed E-state index contributed by atoms with van der Waals surface area (Å²) in [5.74, 6) is 1.40. The van der Waals surface area contributed by atoms with Gasteiger partial charge in [-0.3, -0.25) is 0 Å². The molecule has 0 radical (unpaired) electrons. The largest absolute Gasteiger partial charge is 0.493 e. The van der Waals surface area contributed by atoms with E-state index in [2.05, 4.69) is 16.5 Å². The first kappa shape index (κ1) is 15.9. The van der Waals surface area contributed by atoms with Crippen molar-refractivity contribution in [2.75, 3.05) is 27.4 Å². The molecular weight excluding hydrogens is 288 g/mol. The van der Waals surface area contributed by atoms with Crippen molar-refractivity contribution in [3.63, 3.8) is 0 Å². The smallest absolute Gasteiger partial charge is 0.178 e. The van der Waals surface area contributed by atoms with E-state index in [0.717, 1.165) is 43.6 Å². The molecule has 0 saturated heterocycles. The highest BCUT2D eigenvalue weighted by molar-refractivity contribution is 7.71. The number of benzene rings is 1. The predicted octanol–water partition coefficient (Wildman–Crippen LogP) is 3.53. The third kappa shape index (κ3) is 3.57. The van der Waals surface area contributed by atoms with E-state index in [1.54, 1.807) is 14.2 Å². The van der Waals surface area contributed by atoms with Gasteiger partial charge < -0.3 is 23.8 Å². The lowest BCUT2D eigenvalue weighted by atomic mass is 10.2. The summed E-state index contributed by atoms with van der Waals surface area (Å²) in [6, 6.07) is 3.86. The zero-order valence-corrected chi connectivity index (χ0v) is 13.6. The summed E-state index contributed by atoms with van der Waals surface area (Å²) in [6.45, 7) is 4.48. The molecule has 6 heteroatoms. The Labute approximate surface area is 129 Å². The number of rotatable bonds is 8. The van der Waals surface area contributed by atoms with E-state index in [1.165, 1.54) is 0 Å². The van der Waals surface area contributed by atoms with Crippen molar-refractivity contribution in [3.05, 3.63) is 16.9 Å². The Balaban J connectivity index is 2.23. The zero-order chi connectivity index (χ0) is 15.2. The van der Waals surface area contributed by atoms with Crippen LogP contribution in [0.25, 0.3) is 11.0 Å². The topological polar surface area (TPSA) is 48.4 Å². The Morgan fingerprint density at radius 2 is 1.86 bits per heavy atom. The van der Waals surface area contributed by atoms with Crippen molar-refractivity contribution in [1.29, 1.82) is 0 Å². The van der Waals surface area contributed by atoms with Crippen molar-refractivity contribution in [2.45, 2.75) is 26.3 Å². The lowest BCUT2D eigenvalue weighted by Crippen LogP contribution is -2.03. The second kappa shape index (κ2) is 7.47. The van der Waals surface area contributed by atoms with Gasteiger partial charge in [0, 0.05) is 31.9 Å². The quantitative estimate of drug-likeness (QED) is 0.598.